The fourth-order valence-corrected chi connectivity index (χ4v) is 8.88. The van der Waals surface area contributed by atoms with E-state index in [0.29, 0.717) is 17.5 Å². The molecular weight excluding hydrogens is 757 g/mol. The second-order valence-corrected chi connectivity index (χ2v) is 15.6. The van der Waals surface area contributed by atoms with Gasteiger partial charge in [-0.1, -0.05) is 182 Å². The van der Waals surface area contributed by atoms with Gasteiger partial charge in [-0.3, -0.25) is 0 Å². The normalized spacial score (nSPS) is 11.5. The lowest BCUT2D eigenvalue weighted by atomic mass is 10.0. The Morgan fingerprint density at radius 3 is 1.45 bits per heavy atom. The molecule has 0 aliphatic rings. The van der Waals surface area contributed by atoms with E-state index in [4.69, 9.17) is 19.4 Å². The van der Waals surface area contributed by atoms with Gasteiger partial charge >= 0.3 is 0 Å². The van der Waals surface area contributed by atoms with E-state index in [1.54, 1.807) is 0 Å². The first-order valence-corrected chi connectivity index (χ1v) is 20.8. The number of rotatable bonds is 7. The molecule has 0 fully saturated rings. The number of aromatic nitrogens is 4. The number of benzene rings is 9. The molecule has 0 spiro atoms. The van der Waals surface area contributed by atoms with Gasteiger partial charge in [-0.05, 0) is 69.8 Å². The highest BCUT2D eigenvalue weighted by atomic mass is 16.3. The first-order valence-electron chi connectivity index (χ1n) is 20.8. The summed E-state index contributed by atoms with van der Waals surface area (Å²) >= 11 is 0. The Bertz CT molecular complexity index is 3490. The summed E-state index contributed by atoms with van der Waals surface area (Å²) in [5.41, 5.74) is 14.3. The molecule has 12 aromatic rings. The van der Waals surface area contributed by atoms with Crippen molar-refractivity contribution in [3.63, 3.8) is 0 Å². The van der Waals surface area contributed by atoms with Crippen LogP contribution in [0.1, 0.15) is 0 Å². The third-order valence-electron chi connectivity index (χ3n) is 11.9. The van der Waals surface area contributed by atoms with Crippen LogP contribution in [0.3, 0.4) is 0 Å². The van der Waals surface area contributed by atoms with Crippen molar-refractivity contribution in [2.75, 3.05) is 0 Å². The van der Waals surface area contributed by atoms with Gasteiger partial charge in [0, 0.05) is 33.0 Å². The van der Waals surface area contributed by atoms with Crippen molar-refractivity contribution in [1.29, 1.82) is 0 Å². The second-order valence-electron chi connectivity index (χ2n) is 15.6. The molecule has 0 aliphatic heterocycles. The first-order chi connectivity index (χ1) is 30.7. The second kappa shape index (κ2) is 14.7. The molecule has 3 aromatic heterocycles. The maximum atomic E-state index is 6.93. The Morgan fingerprint density at radius 2 is 0.823 bits per heavy atom. The maximum absolute atomic E-state index is 6.93. The molecule has 0 aliphatic carbocycles. The fraction of sp³-hybridized carbons (Fsp3) is 0. The molecule has 0 amide bonds. The van der Waals surface area contributed by atoms with Crippen LogP contribution in [0.4, 0.5) is 0 Å². The summed E-state index contributed by atoms with van der Waals surface area (Å²) in [6.07, 6.45) is 0. The van der Waals surface area contributed by atoms with E-state index < -0.39 is 0 Å². The van der Waals surface area contributed by atoms with E-state index in [9.17, 15) is 0 Å². The summed E-state index contributed by atoms with van der Waals surface area (Å²) in [5.74, 6) is 1.72. The minimum absolute atomic E-state index is 0.543. The fourth-order valence-electron chi connectivity index (χ4n) is 8.88. The summed E-state index contributed by atoms with van der Waals surface area (Å²) in [6.45, 7) is 0. The molecular formula is C57H36N4O. The summed E-state index contributed by atoms with van der Waals surface area (Å²) in [4.78, 5) is 15.5. The van der Waals surface area contributed by atoms with Gasteiger partial charge in [0.05, 0.1) is 22.0 Å². The van der Waals surface area contributed by atoms with Crippen LogP contribution in [0.15, 0.2) is 223 Å². The van der Waals surface area contributed by atoms with Crippen molar-refractivity contribution in [2.45, 2.75) is 0 Å². The van der Waals surface area contributed by atoms with Crippen LogP contribution in [0.2, 0.25) is 0 Å². The Balaban J connectivity index is 1.06. The minimum Gasteiger partial charge on any atom is -0.455 e. The smallest absolute Gasteiger partial charge is 0.167 e. The summed E-state index contributed by atoms with van der Waals surface area (Å²) in [5, 5.41) is 4.38. The predicted octanol–water partition coefficient (Wildman–Crippen LogP) is 14.9. The zero-order valence-electron chi connectivity index (χ0n) is 33.5. The molecule has 0 atom stereocenters. The monoisotopic (exact) mass is 792 g/mol. The predicted molar refractivity (Wildman–Crippen MR) is 254 cm³/mol. The Hall–Kier alpha value is -8.41. The third-order valence-corrected chi connectivity index (χ3v) is 11.9. The molecule has 9 aromatic carbocycles. The van der Waals surface area contributed by atoms with Crippen LogP contribution in [0.25, 0.3) is 117 Å². The molecule has 62 heavy (non-hydrogen) atoms. The Labute approximate surface area is 357 Å². The maximum Gasteiger partial charge on any atom is 0.167 e. The molecule has 5 nitrogen and oxygen atoms in total. The highest BCUT2D eigenvalue weighted by Crippen LogP contribution is 2.43. The molecule has 3 heterocycles. The van der Waals surface area contributed by atoms with E-state index >= 15 is 0 Å². The first kappa shape index (κ1) is 35.5. The molecule has 12 rings (SSSR count). The van der Waals surface area contributed by atoms with Gasteiger partial charge in [-0.2, -0.15) is 0 Å². The van der Waals surface area contributed by atoms with Crippen LogP contribution in [0, 0.1) is 0 Å². The summed E-state index contributed by atoms with van der Waals surface area (Å²) in [7, 11) is 0. The molecule has 0 N–H and O–H groups in total. The number of nitrogens with zero attached hydrogens (tertiary/aromatic N) is 4. The van der Waals surface area contributed by atoms with E-state index in [0.717, 1.165) is 88.6 Å². The van der Waals surface area contributed by atoms with Gasteiger partial charge < -0.3 is 8.98 Å². The summed E-state index contributed by atoms with van der Waals surface area (Å²) < 4.78 is 9.32. The average Bonchev–Trinajstić information content (AvgIpc) is 3.91. The topological polar surface area (TPSA) is 56.7 Å². The molecule has 0 saturated carbocycles. The van der Waals surface area contributed by atoms with Gasteiger partial charge in [0.1, 0.15) is 11.2 Å². The van der Waals surface area contributed by atoms with Crippen LogP contribution in [0.5, 0.6) is 0 Å². The van der Waals surface area contributed by atoms with Crippen molar-refractivity contribution < 1.29 is 4.42 Å². The van der Waals surface area contributed by atoms with Crippen molar-refractivity contribution in [3.05, 3.63) is 218 Å². The van der Waals surface area contributed by atoms with Crippen molar-refractivity contribution >= 4 is 43.7 Å². The van der Waals surface area contributed by atoms with Crippen molar-refractivity contribution in [2.24, 2.45) is 0 Å². The molecule has 290 valence electrons. The van der Waals surface area contributed by atoms with Crippen molar-refractivity contribution in [3.8, 4) is 73.2 Å². The van der Waals surface area contributed by atoms with Crippen molar-refractivity contribution in [1.82, 2.24) is 19.5 Å². The average molecular weight is 793 g/mol. The Kier molecular flexibility index (Phi) is 8.42. The third kappa shape index (κ3) is 6.06. The van der Waals surface area contributed by atoms with E-state index in [1.807, 2.05) is 12.1 Å². The largest absolute Gasteiger partial charge is 0.455 e. The highest BCUT2D eigenvalue weighted by Gasteiger charge is 2.22. The van der Waals surface area contributed by atoms with E-state index in [2.05, 4.69) is 211 Å². The molecule has 0 saturated heterocycles. The lowest BCUT2D eigenvalue weighted by Gasteiger charge is -2.11. The molecule has 0 unspecified atom stereocenters. The van der Waals surface area contributed by atoms with E-state index in [1.165, 1.54) is 10.9 Å². The van der Waals surface area contributed by atoms with Crippen LogP contribution >= 0.6 is 0 Å². The molecule has 0 bridgehead atoms. The number of furan rings is 1. The molecule has 0 radical (unpaired) electrons. The van der Waals surface area contributed by atoms with Gasteiger partial charge in [-0.15, -0.1) is 0 Å². The van der Waals surface area contributed by atoms with Crippen LogP contribution < -0.4 is 0 Å². The quantitative estimate of drug-likeness (QED) is 0.161. The Morgan fingerprint density at radius 1 is 0.339 bits per heavy atom. The van der Waals surface area contributed by atoms with Crippen LogP contribution in [-0.2, 0) is 0 Å². The standard InChI is InChI=1S/C57H36N4O/c1-4-14-37(15-5-1)40-26-30-42(31-27-40)55-58-56(43-32-28-41(29-33-43)38-16-6-2-7-17-38)60-57(59-55)49-24-13-23-48-52-51(62-54(48)49)35-34-47-46-22-10-11-25-50(46)61(53(47)52)45-21-12-20-44(36-45)39-18-8-3-9-19-39/h1-36H. The minimum atomic E-state index is 0.543. The lowest BCUT2D eigenvalue weighted by molar-refractivity contribution is 0.669. The molecule has 5 heteroatoms. The zero-order chi connectivity index (χ0) is 41.0. The lowest BCUT2D eigenvalue weighted by Crippen LogP contribution is -2.00. The SMILES string of the molecule is c1ccc(-c2ccc(-c3nc(-c4ccc(-c5ccccc5)cc4)nc(-c4cccc5c4oc4ccc6c7ccccc7n(-c7cccc(-c8ccccc8)c7)c6c45)n3)cc2)cc1. The van der Waals surface area contributed by atoms with Gasteiger partial charge in [0.15, 0.2) is 17.5 Å². The van der Waals surface area contributed by atoms with Gasteiger partial charge in [0.2, 0.25) is 0 Å². The summed E-state index contributed by atoms with van der Waals surface area (Å²) in [6, 6.07) is 76.2. The number of hydrogen-bond donors (Lipinski definition) is 0. The number of para-hydroxylation sites is 2. The van der Waals surface area contributed by atoms with Crippen LogP contribution in [-0.4, -0.2) is 19.5 Å². The number of hydrogen-bond acceptors (Lipinski definition) is 4. The van der Waals surface area contributed by atoms with Gasteiger partial charge in [0.25, 0.3) is 0 Å². The van der Waals surface area contributed by atoms with Gasteiger partial charge in [-0.25, -0.2) is 15.0 Å². The number of fused-ring (bicyclic) bond motifs is 7. The highest BCUT2D eigenvalue weighted by molar-refractivity contribution is 6.25. The van der Waals surface area contributed by atoms with E-state index in [-0.39, 0.29) is 0 Å². The zero-order valence-corrected chi connectivity index (χ0v) is 33.5.